The maximum atomic E-state index is 12.6. The summed E-state index contributed by atoms with van der Waals surface area (Å²) < 4.78 is 43.1. The van der Waals surface area contributed by atoms with Crippen LogP contribution in [0.4, 0.5) is 13.2 Å². The van der Waals surface area contributed by atoms with Crippen molar-refractivity contribution in [3.8, 4) is 5.88 Å². The van der Waals surface area contributed by atoms with Crippen LogP contribution in [0.1, 0.15) is 26.3 Å². The minimum absolute atomic E-state index is 0.000601. The molecule has 0 N–H and O–H groups in total. The minimum atomic E-state index is -4.42. The number of hydrogen-bond donors (Lipinski definition) is 0. The Morgan fingerprint density at radius 1 is 1.33 bits per heavy atom. The molecule has 0 aromatic carbocycles. The molecule has 4 nitrogen and oxygen atoms in total. The minimum Gasteiger partial charge on any atom is -0.471 e. The predicted molar refractivity (Wildman–Crippen MR) is 69.7 cm³/mol. The van der Waals surface area contributed by atoms with E-state index in [1.165, 1.54) is 0 Å². The molecular weight excluding hydrogens is 285 g/mol. The molecule has 7 heteroatoms. The van der Waals surface area contributed by atoms with Crippen molar-refractivity contribution in [1.29, 1.82) is 0 Å². The van der Waals surface area contributed by atoms with Gasteiger partial charge in [0.2, 0.25) is 11.8 Å². The molecule has 2 heterocycles. The number of likely N-dealkylation sites (tertiary alicyclic amines) is 1. The molecule has 1 aromatic heterocycles. The van der Waals surface area contributed by atoms with Gasteiger partial charge < -0.3 is 9.64 Å². The Balaban J connectivity index is 1.93. The van der Waals surface area contributed by atoms with Gasteiger partial charge in [-0.2, -0.15) is 13.2 Å². The highest BCUT2D eigenvalue weighted by Crippen LogP contribution is 2.31. The topological polar surface area (TPSA) is 42.4 Å². The molecule has 116 valence electrons. The molecule has 0 unspecified atom stereocenters. The molecule has 0 aliphatic carbocycles. The molecule has 1 fully saturated rings. The number of carbonyl (C=O) groups excluding carboxylic acids is 1. The van der Waals surface area contributed by atoms with Crippen molar-refractivity contribution in [2.45, 2.75) is 33.1 Å². The van der Waals surface area contributed by atoms with Crippen molar-refractivity contribution >= 4 is 5.91 Å². The molecule has 0 radical (unpaired) electrons. The number of hydrogen-bond acceptors (Lipinski definition) is 3. The molecule has 2 rings (SSSR count). The zero-order valence-corrected chi connectivity index (χ0v) is 12.1. The third kappa shape index (κ3) is 3.65. The second kappa shape index (κ2) is 5.20. The van der Waals surface area contributed by atoms with Gasteiger partial charge in [0, 0.05) is 17.7 Å². The van der Waals surface area contributed by atoms with Crippen molar-refractivity contribution < 1.29 is 22.7 Å². The quantitative estimate of drug-likeness (QED) is 0.843. The number of ether oxygens (including phenoxy) is 1. The first-order valence-corrected chi connectivity index (χ1v) is 6.56. The summed E-state index contributed by atoms with van der Waals surface area (Å²) in [6.07, 6.45) is -3.67. The Hall–Kier alpha value is -1.79. The molecule has 1 amide bonds. The van der Waals surface area contributed by atoms with E-state index in [-0.39, 0.29) is 17.9 Å². The Morgan fingerprint density at radius 2 is 1.95 bits per heavy atom. The van der Waals surface area contributed by atoms with Crippen LogP contribution in [0.5, 0.6) is 5.88 Å². The van der Waals surface area contributed by atoms with Gasteiger partial charge in [-0.05, 0) is 6.07 Å². The van der Waals surface area contributed by atoms with Gasteiger partial charge >= 0.3 is 6.18 Å². The van der Waals surface area contributed by atoms with Crippen molar-refractivity contribution in [3.63, 3.8) is 0 Å². The second-order valence-electron chi connectivity index (χ2n) is 6.08. The predicted octanol–water partition coefficient (Wildman–Crippen LogP) is 2.74. The first-order chi connectivity index (χ1) is 9.57. The molecule has 0 bridgehead atoms. The number of aromatic nitrogens is 1. The third-order valence-corrected chi connectivity index (χ3v) is 3.13. The average molecular weight is 302 g/mol. The monoisotopic (exact) mass is 302 g/mol. The molecule has 0 saturated carbocycles. The van der Waals surface area contributed by atoms with E-state index in [0.29, 0.717) is 13.1 Å². The summed E-state index contributed by atoms with van der Waals surface area (Å²) in [6, 6.07) is 1.76. The Morgan fingerprint density at radius 3 is 2.48 bits per heavy atom. The summed E-state index contributed by atoms with van der Waals surface area (Å²) in [7, 11) is 0. The van der Waals surface area contributed by atoms with Crippen LogP contribution < -0.4 is 4.74 Å². The number of pyridine rings is 1. The van der Waals surface area contributed by atoms with Crippen LogP contribution in [0.2, 0.25) is 0 Å². The van der Waals surface area contributed by atoms with E-state index < -0.39 is 17.2 Å². The second-order valence-corrected chi connectivity index (χ2v) is 6.08. The smallest absolute Gasteiger partial charge is 0.416 e. The fourth-order valence-corrected chi connectivity index (χ4v) is 1.97. The van der Waals surface area contributed by atoms with Crippen LogP contribution in [0.15, 0.2) is 18.3 Å². The molecule has 1 aromatic rings. The summed E-state index contributed by atoms with van der Waals surface area (Å²) in [5, 5.41) is 0. The fraction of sp³-hybridized carbons (Fsp3) is 0.571. The zero-order valence-electron chi connectivity index (χ0n) is 12.1. The highest BCUT2D eigenvalue weighted by atomic mass is 19.4. The SMILES string of the molecule is CC(C)(C)C(=O)N1CC(Oc2cc(C(F)(F)F)ccn2)C1. The van der Waals surface area contributed by atoms with Gasteiger partial charge in [0.25, 0.3) is 0 Å². The van der Waals surface area contributed by atoms with E-state index in [1.807, 2.05) is 20.8 Å². The Bertz CT molecular complexity index is 532. The molecular formula is C14H17F3N2O2. The lowest BCUT2D eigenvalue weighted by Gasteiger charge is -2.41. The molecule has 0 atom stereocenters. The fourth-order valence-electron chi connectivity index (χ4n) is 1.97. The van der Waals surface area contributed by atoms with Gasteiger partial charge in [-0.3, -0.25) is 4.79 Å². The largest absolute Gasteiger partial charge is 0.471 e. The van der Waals surface area contributed by atoms with Crippen LogP contribution in [0, 0.1) is 5.41 Å². The lowest BCUT2D eigenvalue weighted by molar-refractivity contribution is -0.148. The van der Waals surface area contributed by atoms with E-state index in [2.05, 4.69) is 4.98 Å². The van der Waals surface area contributed by atoms with Gasteiger partial charge in [-0.1, -0.05) is 20.8 Å². The van der Waals surface area contributed by atoms with Crippen LogP contribution in [0.25, 0.3) is 0 Å². The molecule has 0 spiro atoms. The third-order valence-electron chi connectivity index (χ3n) is 3.13. The Labute approximate surface area is 120 Å². The number of rotatable bonds is 2. The zero-order chi connectivity index (χ0) is 15.8. The van der Waals surface area contributed by atoms with E-state index in [0.717, 1.165) is 18.3 Å². The molecule has 1 aliphatic heterocycles. The van der Waals surface area contributed by atoms with Gasteiger partial charge in [0.05, 0.1) is 18.7 Å². The van der Waals surface area contributed by atoms with E-state index in [4.69, 9.17) is 4.74 Å². The summed E-state index contributed by atoms with van der Waals surface area (Å²) in [5.74, 6) is -0.0722. The average Bonchev–Trinajstić information content (AvgIpc) is 2.30. The molecule has 21 heavy (non-hydrogen) atoms. The van der Waals surface area contributed by atoms with Crippen molar-refractivity contribution in [2.75, 3.05) is 13.1 Å². The highest BCUT2D eigenvalue weighted by molar-refractivity contribution is 5.82. The van der Waals surface area contributed by atoms with Crippen LogP contribution in [0.3, 0.4) is 0 Å². The summed E-state index contributed by atoms with van der Waals surface area (Å²) in [5.41, 5.74) is -1.27. The number of carbonyl (C=O) groups is 1. The lowest BCUT2D eigenvalue weighted by atomic mass is 9.93. The summed E-state index contributed by atoms with van der Waals surface area (Å²) >= 11 is 0. The van der Waals surface area contributed by atoms with Gasteiger partial charge in [-0.15, -0.1) is 0 Å². The van der Waals surface area contributed by atoms with Crippen molar-refractivity contribution in [2.24, 2.45) is 5.41 Å². The maximum absolute atomic E-state index is 12.6. The normalized spacial score (nSPS) is 16.6. The van der Waals surface area contributed by atoms with Crippen LogP contribution in [-0.2, 0) is 11.0 Å². The standard InChI is InChI=1S/C14H17F3N2O2/c1-13(2,3)12(20)19-7-10(8-19)21-11-6-9(4-5-18-11)14(15,16)17/h4-6,10H,7-8H2,1-3H3. The van der Waals surface area contributed by atoms with Crippen molar-refractivity contribution in [3.05, 3.63) is 23.9 Å². The number of amides is 1. The number of alkyl halides is 3. The van der Waals surface area contributed by atoms with Gasteiger partial charge in [0.15, 0.2) is 0 Å². The summed E-state index contributed by atoms with van der Waals surface area (Å²) in [4.78, 5) is 17.3. The van der Waals surface area contributed by atoms with E-state index in [1.54, 1.807) is 4.90 Å². The van der Waals surface area contributed by atoms with Gasteiger partial charge in [0.1, 0.15) is 6.10 Å². The van der Waals surface area contributed by atoms with Crippen LogP contribution >= 0.6 is 0 Å². The van der Waals surface area contributed by atoms with Crippen LogP contribution in [-0.4, -0.2) is 35.0 Å². The first-order valence-electron chi connectivity index (χ1n) is 6.56. The molecule has 1 saturated heterocycles. The Kier molecular flexibility index (Phi) is 3.86. The number of halogens is 3. The van der Waals surface area contributed by atoms with E-state index >= 15 is 0 Å². The lowest BCUT2D eigenvalue weighted by Crippen LogP contribution is -2.58. The van der Waals surface area contributed by atoms with Crippen molar-refractivity contribution in [1.82, 2.24) is 9.88 Å². The first kappa shape index (κ1) is 15.6. The van der Waals surface area contributed by atoms with E-state index in [9.17, 15) is 18.0 Å². The molecule has 1 aliphatic rings. The highest BCUT2D eigenvalue weighted by Gasteiger charge is 2.38. The summed E-state index contributed by atoms with van der Waals surface area (Å²) in [6.45, 7) is 6.19. The number of nitrogens with zero attached hydrogens (tertiary/aromatic N) is 2. The maximum Gasteiger partial charge on any atom is 0.416 e. The van der Waals surface area contributed by atoms with Gasteiger partial charge in [-0.25, -0.2) is 4.98 Å².